The zero-order chi connectivity index (χ0) is 11.3. The highest BCUT2D eigenvalue weighted by Gasteiger charge is 2.48. The van der Waals surface area contributed by atoms with Gasteiger partial charge in [-0.05, 0) is 19.8 Å². The van der Waals surface area contributed by atoms with Gasteiger partial charge in [-0.15, -0.1) is 0 Å². The first kappa shape index (κ1) is 12.0. The topological polar surface area (TPSA) is 84.2 Å². The third-order valence-corrected chi connectivity index (χ3v) is 2.74. The van der Waals surface area contributed by atoms with E-state index in [1.807, 2.05) is 6.92 Å². The van der Waals surface area contributed by atoms with Gasteiger partial charge in [0, 0.05) is 26.1 Å². The van der Waals surface area contributed by atoms with Gasteiger partial charge in [-0.1, -0.05) is 0 Å². The molecule has 5 heteroatoms. The Bertz CT molecular complexity index is 249. The van der Waals surface area contributed by atoms with E-state index in [1.165, 1.54) is 0 Å². The Balaban J connectivity index is 2.15. The molecule has 0 aromatic heterocycles. The van der Waals surface area contributed by atoms with Crippen LogP contribution in [0.25, 0.3) is 0 Å². The zero-order valence-electron chi connectivity index (χ0n) is 9.14. The first-order chi connectivity index (χ1) is 7.14. The second kappa shape index (κ2) is 5.11. The van der Waals surface area contributed by atoms with Crippen molar-refractivity contribution in [2.45, 2.75) is 26.2 Å². The van der Waals surface area contributed by atoms with E-state index >= 15 is 0 Å². The highest BCUT2D eigenvalue weighted by molar-refractivity contribution is 5.86. The van der Waals surface area contributed by atoms with Crippen LogP contribution in [0.4, 0.5) is 0 Å². The van der Waals surface area contributed by atoms with Gasteiger partial charge in [-0.3, -0.25) is 9.59 Å². The molecule has 0 saturated heterocycles. The maximum atomic E-state index is 11.6. The molecule has 86 valence electrons. The fraction of sp³-hybridized carbons (Fsp3) is 0.800. The Hall–Kier alpha value is -1.10. The predicted octanol–water partition coefficient (Wildman–Crippen LogP) is -0.632. The molecule has 1 rings (SSSR count). The van der Waals surface area contributed by atoms with E-state index in [0.29, 0.717) is 26.1 Å². The minimum atomic E-state index is -0.318. The van der Waals surface area contributed by atoms with Crippen molar-refractivity contribution >= 4 is 11.8 Å². The van der Waals surface area contributed by atoms with Crippen LogP contribution in [-0.2, 0) is 9.59 Å². The highest BCUT2D eigenvalue weighted by atomic mass is 16.2. The molecule has 1 aliphatic carbocycles. The summed E-state index contributed by atoms with van der Waals surface area (Å²) in [4.78, 5) is 22.6. The van der Waals surface area contributed by atoms with Crippen LogP contribution in [-0.4, -0.2) is 31.4 Å². The Labute approximate surface area is 89.8 Å². The third-order valence-electron chi connectivity index (χ3n) is 2.74. The summed E-state index contributed by atoms with van der Waals surface area (Å²) in [6.45, 7) is 3.29. The normalized spacial score (nSPS) is 16.9. The lowest BCUT2D eigenvalue weighted by atomic mass is 10.1. The molecule has 0 heterocycles. The number of hydrogen-bond donors (Lipinski definition) is 3. The maximum absolute atomic E-state index is 11.6. The molecule has 1 fully saturated rings. The molecule has 5 nitrogen and oxygen atoms in total. The van der Waals surface area contributed by atoms with E-state index in [1.54, 1.807) is 0 Å². The Morgan fingerprint density at radius 1 is 1.33 bits per heavy atom. The summed E-state index contributed by atoms with van der Waals surface area (Å²) in [6.07, 6.45) is 2.08. The number of carbonyl (C=O) groups excluding carboxylic acids is 2. The van der Waals surface area contributed by atoms with E-state index in [2.05, 4.69) is 10.6 Å². The first-order valence-corrected chi connectivity index (χ1v) is 5.39. The van der Waals surface area contributed by atoms with E-state index in [9.17, 15) is 9.59 Å². The average Bonchev–Trinajstić information content (AvgIpc) is 2.98. The van der Waals surface area contributed by atoms with E-state index in [0.717, 1.165) is 12.8 Å². The van der Waals surface area contributed by atoms with Gasteiger partial charge in [0.25, 0.3) is 0 Å². The highest BCUT2D eigenvalue weighted by Crippen LogP contribution is 2.44. The van der Waals surface area contributed by atoms with E-state index in [-0.39, 0.29) is 17.2 Å². The van der Waals surface area contributed by atoms with E-state index < -0.39 is 0 Å². The van der Waals surface area contributed by atoms with Crippen LogP contribution in [0.1, 0.15) is 26.2 Å². The van der Waals surface area contributed by atoms with Crippen LogP contribution >= 0.6 is 0 Å². The maximum Gasteiger partial charge on any atom is 0.227 e. The van der Waals surface area contributed by atoms with Gasteiger partial charge in [-0.25, -0.2) is 0 Å². The number of nitrogens with two attached hydrogens (primary N) is 1. The monoisotopic (exact) mass is 213 g/mol. The average molecular weight is 213 g/mol. The lowest BCUT2D eigenvalue weighted by Crippen LogP contribution is -2.38. The molecule has 0 aromatic carbocycles. The van der Waals surface area contributed by atoms with Crippen LogP contribution in [0.2, 0.25) is 0 Å². The van der Waals surface area contributed by atoms with Crippen LogP contribution in [0, 0.1) is 5.41 Å². The Kier molecular flexibility index (Phi) is 4.08. The molecule has 2 amide bonds. The molecule has 0 aliphatic heterocycles. The fourth-order valence-corrected chi connectivity index (χ4v) is 1.44. The van der Waals surface area contributed by atoms with Crippen molar-refractivity contribution in [3.05, 3.63) is 0 Å². The molecular weight excluding hydrogens is 194 g/mol. The summed E-state index contributed by atoms with van der Waals surface area (Å²) in [5.41, 5.74) is 5.19. The van der Waals surface area contributed by atoms with Gasteiger partial charge in [0.2, 0.25) is 11.8 Å². The van der Waals surface area contributed by atoms with Gasteiger partial charge in [0.1, 0.15) is 0 Å². The largest absolute Gasteiger partial charge is 0.356 e. The zero-order valence-corrected chi connectivity index (χ0v) is 9.14. The predicted molar refractivity (Wildman–Crippen MR) is 57.0 cm³/mol. The van der Waals surface area contributed by atoms with Crippen molar-refractivity contribution < 1.29 is 9.59 Å². The molecule has 1 saturated carbocycles. The molecule has 0 radical (unpaired) electrons. The van der Waals surface area contributed by atoms with Crippen molar-refractivity contribution in [3.63, 3.8) is 0 Å². The summed E-state index contributed by atoms with van der Waals surface area (Å²) >= 11 is 0. The minimum Gasteiger partial charge on any atom is -0.356 e. The minimum absolute atomic E-state index is 0.00528. The van der Waals surface area contributed by atoms with E-state index in [4.69, 9.17) is 5.73 Å². The number of rotatable bonds is 6. The van der Waals surface area contributed by atoms with Gasteiger partial charge >= 0.3 is 0 Å². The van der Waals surface area contributed by atoms with Crippen molar-refractivity contribution in [2.75, 3.05) is 19.6 Å². The standard InChI is InChI=1S/C10H19N3O2/c1-2-12-8(14)3-6-13-9(15)10(7-11)4-5-10/h2-7,11H2,1H3,(H,12,14)(H,13,15). The quantitative estimate of drug-likeness (QED) is 0.549. The number of amides is 2. The molecule has 0 spiro atoms. The van der Waals surface area contributed by atoms with Crippen molar-refractivity contribution in [1.29, 1.82) is 0 Å². The molecule has 1 aliphatic rings. The molecule has 15 heavy (non-hydrogen) atoms. The first-order valence-electron chi connectivity index (χ1n) is 5.39. The van der Waals surface area contributed by atoms with Gasteiger partial charge in [0.05, 0.1) is 5.41 Å². The SMILES string of the molecule is CCNC(=O)CCNC(=O)C1(CN)CC1. The lowest BCUT2D eigenvalue weighted by molar-refractivity contribution is -0.126. The van der Waals surface area contributed by atoms with Crippen molar-refractivity contribution in [2.24, 2.45) is 11.1 Å². The summed E-state index contributed by atoms with van der Waals surface area (Å²) in [5, 5.41) is 5.42. The summed E-state index contributed by atoms with van der Waals surface area (Å²) < 4.78 is 0. The van der Waals surface area contributed by atoms with Crippen LogP contribution in [0.3, 0.4) is 0 Å². The fourth-order valence-electron chi connectivity index (χ4n) is 1.44. The van der Waals surface area contributed by atoms with Crippen LogP contribution < -0.4 is 16.4 Å². The number of carbonyl (C=O) groups is 2. The summed E-state index contributed by atoms with van der Waals surface area (Å²) in [6, 6.07) is 0. The molecule has 4 N–H and O–H groups in total. The third kappa shape index (κ3) is 3.20. The molecule has 0 unspecified atom stereocenters. The Morgan fingerprint density at radius 2 is 2.00 bits per heavy atom. The van der Waals surface area contributed by atoms with Crippen molar-refractivity contribution in [3.8, 4) is 0 Å². The van der Waals surface area contributed by atoms with Gasteiger partial charge in [-0.2, -0.15) is 0 Å². The number of hydrogen-bond acceptors (Lipinski definition) is 3. The number of nitrogens with one attached hydrogen (secondary N) is 2. The summed E-state index contributed by atoms with van der Waals surface area (Å²) in [7, 11) is 0. The second-order valence-corrected chi connectivity index (χ2v) is 3.94. The van der Waals surface area contributed by atoms with Crippen LogP contribution in [0.15, 0.2) is 0 Å². The molecule has 0 atom stereocenters. The second-order valence-electron chi connectivity index (χ2n) is 3.94. The van der Waals surface area contributed by atoms with Gasteiger partial charge < -0.3 is 16.4 Å². The molecular formula is C10H19N3O2. The van der Waals surface area contributed by atoms with Crippen molar-refractivity contribution in [1.82, 2.24) is 10.6 Å². The van der Waals surface area contributed by atoms with Crippen LogP contribution in [0.5, 0.6) is 0 Å². The summed E-state index contributed by atoms with van der Waals surface area (Å²) in [5.74, 6) is -0.0373. The smallest absolute Gasteiger partial charge is 0.227 e. The van der Waals surface area contributed by atoms with Gasteiger partial charge in [0.15, 0.2) is 0 Å². The molecule has 0 bridgehead atoms. The Morgan fingerprint density at radius 3 is 2.47 bits per heavy atom. The molecule has 0 aromatic rings. The lowest BCUT2D eigenvalue weighted by Gasteiger charge is -2.12.